The summed E-state index contributed by atoms with van der Waals surface area (Å²) in [5.41, 5.74) is 0.889. The van der Waals surface area contributed by atoms with Gasteiger partial charge in [-0.3, -0.25) is 14.5 Å². The molecule has 1 aromatic rings. The van der Waals surface area contributed by atoms with Crippen LogP contribution < -0.4 is 4.90 Å². The zero-order valence-electron chi connectivity index (χ0n) is 13.4. The van der Waals surface area contributed by atoms with Gasteiger partial charge in [0.25, 0.3) is 0 Å². The van der Waals surface area contributed by atoms with Crippen LogP contribution in [0.3, 0.4) is 0 Å². The highest BCUT2D eigenvalue weighted by atomic mass is 16.2. The molecule has 0 aliphatic rings. The van der Waals surface area contributed by atoms with E-state index < -0.39 is 0 Å². The molecule has 0 atom stereocenters. The number of hydrogen-bond donors (Lipinski definition) is 0. The van der Waals surface area contributed by atoms with Gasteiger partial charge in [-0.2, -0.15) is 0 Å². The molecule has 0 aromatic heterocycles. The average molecular weight is 291 g/mol. The normalized spacial score (nSPS) is 10.5. The number of carbonyl (C=O) groups is 2. The van der Waals surface area contributed by atoms with Gasteiger partial charge in [0.2, 0.25) is 11.8 Å². The molecule has 1 rings (SSSR count). The second kappa shape index (κ2) is 8.42. The predicted octanol–water partition coefficient (Wildman–Crippen LogP) is 1.45. The number of rotatable bonds is 7. The summed E-state index contributed by atoms with van der Waals surface area (Å²) in [5.74, 6) is 0.0181. The highest BCUT2D eigenvalue weighted by Gasteiger charge is 2.19. The third-order valence-corrected chi connectivity index (χ3v) is 3.35. The summed E-state index contributed by atoms with van der Waals surface area (Å²) < 4.78 is 0. The van der Waals surface area contributed by atoms with Crippen molar-refractivity contribution in [3.05, 3.63) is 30.3 Å². The van der Waals surface area contributed by atoms with Crippen molar-refractivity contribution in [2.24, 2.45) is 0 Å². The van der Waals surface area contributed by atoms with E-state index in [1.807, 2.05) is 49.1 Å². The Hall–Kier alpha value is -1.88. The Balaban J connectivity index is 2.70. The monoisotopic (exact) mass is 291 g/mol. The van der Waals surface area contributed by atoms with Crippen molar-refractivity contribution >= 4 is 17.5 Å². The Labute approximate surface area is 127 Å². The standard InChI is InChI=1S/C16H25N3O2/c1-5-18(12-15(20)17(3)4)13-16(21)19(6-2)14-10-8-7-9-11-14/h7-11H,5-6,12-13H2,1-4H3. The molecule has 2 amide bonds. The molecule has 0 spiro atoms. The number of nitrogens with zero attached hydrogens (tertiary/aromatic N) is 3. The van der Waals surface area contributed by atoms with E-state index in [0.29, 0.717) is 13.1 Å². The summed E-state index contributed by atoms with van der Waals surface area (Å²) in [4.78, 5) is 29.4. The van der Waals surface area contributed by atoms with Crippen molar-refractivity contribution in [3.63, 3.8) is 0 Å². The summed E-state index contributed by atoms with van der Waals surface area (Å²) >= 11 is 0. The first-order valence-electron chi connectivity index (χ1n) is 7.27. The van der Waals surface area contributed by atoms with Gasteiger partial charge < -0.3 is 9.80 Å². The minimum atomic E-state index is 0.00686. The van der Waals surface area contributed by atoms with Crippen molar-refractivity contribution in [2.75, 3.05) is 45.2 Å². The van der Waals surface area contributed by atoms with Crippen LogP contribution in [0.15, 0.2) is 30.3 Å². The van der Waals surface area contributed by atoms with Crippen LogP contribution in [0.4, 0.5) is 5.69 Å². The maximum Gasteiger partial charge on any atom is 0.241 e. The Morgan fingerprint density at radius 1 is 0.905 bits per heavy atom. The van der Waals surface area contributed by atoms with Crippen molar-refractivity contribution < 1.29 is 9.59 Å². The first-order valence-corrected chi connectivity index (χ1v) is 7.27. The SMILES string of the molecule is CCN(CC(=O)N(C)C)CC(=O)N(CC)c1ccccc1. The van der Waals surface area contributed by atoms with Gasteiger partial charge in [0, 0.05) is 26.3 Å². The fraction of sp³-hybridized carbons (Fsp3) is 0.500. The van der Waals surface area contributed by atoms with Crippen LogP contribution in [0.1, 0.15) is 13.8 Å². The lowest BCUT2D eigenvalue weighted by Crippen LogP contribution is -2.44. The van der Waals surface area contributed by atoms with Crippen molar-refractivity contribution in [1.29, 1.82) is 0 Å². The molecule has 0 aliphatic carbocycles. The Kier molecular flexibility index (Phi) is 6.88. The van der Waals surface area contributed by atoms with Crippen LogP contribution in [-0.2, 0) is 9.59 Å². The second-order valence-corrected chi connectivity index (χ2v) is 5.06. The Morgan fingerprint density at radius 3 is 1.95 bits per heavy atom. The molecule has 5 heteroatoms. The van der Waals surface area contributed by atoms with Crippen LogP contribution in [-0.4, -0.2) is 61.9 Å². The molecule has 0 aliphatic heterocycles. The fourth-order valence-corrected chi connectivity index (χ4v) is 2.00. The lowest BCUT2D eigenvalue weighted by atomic mass is 10.2. The van der Waals surface area contributed by atoms with Gasteiger partial charge in [0.1, 0.15) is 0 Å². The van der Waals surface area contributed by atoms with Crippen LogP contribution in [0, 0.1) is 0 Å². The quantitative estimate of drug-likeness (QED) is 0.764. The molecule has 0 saturated carbocycles. The zero-order chi connectivity index (χ0) is 15.8. The van der Waals surface area contributed by atoms with Crippen LogP contribution >= 0.6 is 0 Å². The highest BCUT2D eigenvalue weighted by Crippen LogP contribution is 2.13. The van der Waals surface area contributed by atoms with Crippen molar-refractivity contribution in [2.45, 2.75) is 13.8 Å². The van der Waals surface area contributed by atoms with E-state index >= 15 is 0 Å². The number of likely N-dealkylation sites (N-methyl/N-ethyl adjacent to an activating group) is 3. The summed E-state index contributed by atoms with van der Waals surface area (Å²) in [6, 6.07) is 9.60. The average Bonchev–Trinajstić information content (AvgIpc) is 2.48. The highest BCUT2D eigenvalue weighted by molar-refractivity contribution is 5.95. The summed E-state index contributed by atoms with van der Waals surface area (Å²) in [6.07, 6.45) is 0. The first kappa shape index (κ1) is 17.2. The largest absolute Gasteiger partial charge is 0.348 e. The van der Waals surface area contributed by atoms with Gasteiger partial charge in [-0.25, -0.2) is 0 Å². The molecule has 0 bridgehead atoms. The minimum Gasteiger partial charge on any atom is -0.348 e. The van der Waals surface area contributed by atoms with Gasteiger partial charge in [0.15, 0.2) is 0 Å². The molecule has 5 nitrogen and oxygen atoms in total. The van der Waals surface area contributed by atoms with E-state index in [1.54, 1.807) is 23.9 Å². The zero-order valence-corrected chi connectivity index (χ0v) is 13.4. The lowest BCUT2D eigenvalue weighted by Gasteiger charge is -2.26. The van der Waals surface area contributed by atoms with Crippen molar-refractivity contribution in [1.82, 2.24) is 9.80 Å². The van der Waals surface area contributed by atoms with E-state index in [0.717, 1.165) is 5.69 Å². The summed E-state index contributed by atoms with van der Waals surface area (Å²) in [6.45, 7) is 5.70. The third-order valence-electron chi connectivity index (χ3n) is 3.35. The van der Waals surface area contributed by atoms with Crippen molar-refractivity contribution in [3.8, 4) is 0 Å². The van der Waals surface area contributed by atoms with Crippen LogP contribution in [0.25, 0.3) is 0 Å². The van der Waals surface area contributed by atoms with Gasteiger partial charge >= 0.3 is 0 Å². The minimum absolute atomic E-state index is 0.00686. The molecule has 0 heterocycles. The van der Waals surface area contributed by atoms with E-state index in [9.17, 15) is 9.59 Å². The Morgan fingerprint density at radius 2 is 1.48 bits per heavy atom. The fourth-order valence-electron chi connectivity index (χ4n) is 2.00. The summed E-state index contributed by atoms with van der Waals surface area (Å²) in [5, 5.41) is 0. The third kappa shape index (κ3) is 5.19. The predicted molar refractivity (Wildman–Crippen MR) is 85.3 cm³/mol. The number of para-hydroxylation sites is 1. The topological polar surface area (TPSA) is 43.9 Å². The molecule has 0 radical (unpaired) electrons. The molecule has 0 saturated heterocycles. The lowest BCUT2D eigenvalue weighted by molar-refractivity contribution is -0.130. The molecule has 0 fully saturated rings. The van der Waals surface area contributed by atoms with Gasteiger partial charge in [-0.05, 0) is 25.6 Å². The summed E-state index contributed by atoms with van der Waals surface area (Å²) in [7, 11) is 3.45. The Bertz CT molecular complexity index is 460. The molecule has 0 N–H and O–H groups in total. The molecular weight excluding hydrogens is 266 g/mol. The van der Waals surface area contributed by atoms with E-state index in [1.165, 1.54) is 0 Å². The van der Waals surface area contributed by atoms with E-state index in [2.05, 4.69) is 0 Å². The smallest absolute Gasteiger partial charge is 0.241 e. The number of carbonyl (C=O) groups excluding carboxylic acids is 2. The van der Waals surface area contributed by atoms with Gasteiger partial charge in [-0.1, -0.05) is 25.1 Å². The first-order chi connectivity index (χ1) is 9.99. The number of hydrogen-bond acceptors (Lipinski definition) is 3. The van der Waals surface area contributed by atoms with Crippen LogP contribution in [0.5, 0.6) is 0 Å². The van der Waals surface area contributed by atoms with Gasteiger partial charge in [-0.15, -0.1) is 0 Å². The molecular formula is C16H25N3O2. The van der Waals surface area contributed by atoms with E-state index in [-0.39, 0.29) is 24.9 Å². The number of benzene rings is 1. The van der Waals surface area contributed by atoms with Gasteiger partial charge in [0.05, 0.1) is 13.1 Å². The number of anilines is 1. The molecule has 21 heavy (non-hydrogen) atoms. The maximum absolute atomic E-state index is 12.5. The maximum atomic E-state index is 12.5. The molecule has 116 valence electrons. The number of amides is 2. The van der Waals surface area contributed by atoms with Crippen LogP contribution in [0.2, 0.25) is 0 Å². The molecule has 0 unspecified atom stereocenters. The van der Waals surface area contributed by atoms with E-state index in [4.69, 9.17) is 0 Å². The second-order valence-electron chi connectivity index (χ2n) is 5.06. The molecule has 1 aromatic carbocycles.